The zero-order chi connectivity index (χ0) is 12.0. The normalized spacial score (nSPS) is 19.1. The minimum absolute atomic E-state index is 0.532. The first-order valence-corrected chi connectivity index (χ1v) is 4.69. The molecule has 0 bridgehead atoms. The first-order valence-electron chi connectivity index (χ1n) is 4.69. The van der Waals surface area contributed by atoms with Gasteiger partial charge in [-0.2, -0.15) is 0 Å². The molecule has 5 nitrogen and oxygen atoms in total. The fourth-order valence-corrected chi connectivity index (χ4v) is 1.14. The van der Waals surface area contributed by atoms with Crippen molar-refractivity contribution < 1.29 is 14.3 Å². The standard InChI is InChI=1S/C7H14N2.C3H6O3/c1-6-5-8(3)7(2)9(6)4;1-5-3(4)6-2/h5,7H,1-4H3;1-2H3. The third-order valence-corrected chi connectivity index (χ3v) is 2.43. The summed E-state index contributed by atoms with van der Waals surface area (Å²) < 4.78 is 8.08. The molecule has 1 unspecified atom stereocenters. The second-order valence-electron chi connectivity index (χ2n) is 3.34. The van der Waals surface area contributed by atoms with E-state index in [4.69, 9.17) is 0 Å². The van der Waals surface area contributed by atoms with E-state index in [1.54, 1.807) is 0 Å². The van der Waals surface area contributed by atoms with Crippen LogP contribution in [0.2, 0.25) is 0 Å². The van der Waals surface area contributed by atoms with Crippen LogP contribution in [0.25, 0.3) is 0 Å². The SMILES string of the molecule is CC1=CN(C)C(C)N1C.COC(=O)OC. The molecule has 1 rings (SSSR count). The molecule has 0 amide bonds. The van der Waals surface area contributed by atoms with Crippen LogP contribution < -0.4 is 0 Å². The lowest BCUT2D eigenvalue weighted by Gasteiger charge is -2.24. The van der Waals surface area contributed by atoms with E-state index in [2.05, 4.69) is 53.4 Å². The van der Waals surface area contributed by atoms with Crippen LogP contribution in [0.3, 0.4) is 0 Å². The Morgan fingerprint density at radius 3 is 1.87 bits per heavy atom. The molecular formula is C10H20N2O3. The van der Waals surface area contributed by atoms with E-state index in [0.717, 1.165) is 0 Å². The minimum Gasteiger partial charge on any atom is -0.438 e. The Kier molecular flexibility index (Phi) is 5.59. The first-order chi connectivity index (χ1) is 6.93. The maximum Gasteiger partial charge on any atom is 0.507 e. The van der Waals surface area contributed by atoms with E-state index in [9.17, 15) is 4.79 Å². The van der Waals surface area contributed by atoms with Crippen LogP contribution in [-0.2, 0) is 9.47 Å². The number of methoxy groups -OCH3 is 2. The van der Waals surface area contributed by atoms with Gasteiger partial charge in [0.05, 0.1) is 20.4 Å². The summed E-state index contributed by atoms with van der Waals surface area (Å²) in [4.78, 5) is 14.2. The third-order valence-electron chi connectivity index (χ3n) is 2.43. The Morgan fingerprint density at radius 1 is 1.33 bits per heavy atom. The molecule has 1 aliphatic heterocycles. The fourth-order valence-electron chi connectivity index (χ4n) is 1.14. The van der Waals surface area contributed by atoms with Gasteiger partial charge in [0.15, 0.2) is 0 Å². The number of nitrogens with zero attached hydrogens (tertiary/aromatic N) is 2. The molecule has 88 valence electrons. The van der Waals surface area contributed by atoms with Gasteiger partial charge >= 0.3 is 6.16 Å². The van der Waals surface area contributed by atoms with Gasteiger partial charge in [-0.1, -0.05) is 0 Å². The minimum atomic E-state index is -0.657. The summed E-state index contributed by atoms with van der Waals surface area (Å²) >= 11 is 0. The molecule has 0 aromatic heterocycles. The Labute approximate surface area is 91.2 Å². The summed E-state index contributed by atoms with van der Waals surface area (Å²) in [6.45, 7) is 4.31. The van der Waals surface area contributed by atoms with Crippen LogP contribution in [-0.4, -0.2) is 50.4 Å². The summed E-state index contributed by atoms with van der Waals surface area (Å²) in [5.41, 5.74) is 1.34. The molecule has 1 aliphatic rings. The van der Waals surface area contributed by atoms with Crippen LogP contribution >= 0.6 is 0 Å². The molecular weight excluding hydrogens is 196 g/mol. The van der Waals surface area contributed by atoms with Gasteiger partial charge in [-0.15, -0.1) is 0 Å². The zero-order valence-corrected chi connectivity index (χ0v) is 10.3. The lowest BCUT2D eigenvalue weighted by atomic mass is 10.5. The number of hydrogen-bond acceptors (Lipinski definition) is 5. The summed E-state index contributed by atoms with van der Waals surface area (Å²) in [5, 5.41) is 0. The summed E-state index contributed by atoms with van der Waals surface area (Å²) in [6.07, 6.45) is 2.03. The molecule has 0 radical (unpaired) electrons. The number of carbonyl (C=O) groups is 1. The number of hydrogen-bond donors (Lipinski definition) is 0. The van der Waals surface area contributed by atoms with E-state index in [0.29, 0.717) is 6.17 Å². The predicted molar refractivity (Wildman–Crippen MR) is 58.2 cm³/mol. The molecule has 0 aromatic rings. The van der Waals surface area contributed by atoms with E-state index < -0.39 is 6.16 Å². The predicted octanol–water partition coefficient (Wildman–Crippen LogP) is 1.47. The quantitative estimate of drug-likeness (QED) is 0.574. The molecule has 0 saturated heterocycles. The Morgan fingerprint density at radius 2 is 1.80 bits per heavy atom. The molecule has 15 heavy (non-hydrogen) atoms. The van der Waals surface area contributed by atoms with Crippen molar-refractivity contribution in [2.45, 2.75) is 20.0 Å². The number of carbonyl (C=O) groups excluding carboxylic acids is 1. The topological polar surface area (TPSA) is 42.0 Å². The highest BCUT2D eigenvalue weighted by molar-refractivity contribution is 5.59. The lowest BCUT2D eigenvalue weighted by molar-refractivity contribution is 0.0924. The molecule has 0 saturated carbocycles. The monoisotopic (exact) mass is 216 g/mol. The molecule has 0 aliphatic carbocycles. The Balaban J connectivity index is 0.000000288. The van der Waals surface area contributed by atoms with E-state index in [-0.39, 0.29) is 0 Å². The molecule has 0 spiro atoms. The molecule has 1 heterocycles. The van der Waals surface area contributed by atoms with Gasteiger partial charge in [0.1, 0.15) is 0 Å². The van der Waals surface area contributed by atoms with Crippen molar-refractivity contribution in [3.8, 4) is 0 Å². The van der Waals surface area contributed by atoms with Crippen molar-refractivity contribution in [2.75, 3.05) is 28.3 Å². The summed E-state index contributed by atoms with van der Waals surface area (Å²) in [5.74, 6) is 0. The van der Waals surface area contributed by atoms with Crippen molar-refractivity contribution in [3.05, 3.63) is 11.9 Å². The number of allylic oxidation sites excluding steroid dienone is 1. The largest absolute Gasteiger partial charge is 0.507 e. The fraction of sp³-hybridized carbons (Fsp3) is 0.700. The first kappa shape index (κ1) is 13.6. The van der Waals surface area contributed by atoms with Gasteiger partial charge in [-0.05, 0) is 13.8 Å². The van der Waals surface area contributed by atoms with Gasteiger partial charge in [-0.25, -0.2) is 4.79 Å². The van der Waals surface area contributed by atoms with Crippen LogP contribution in [0.5, 0.6) is 0 Å². The summed E-state index contributed by atoms with van der Waals surface area (Å²) in [7, 11) is 6.72. The molecule has 0 N–H and O–H groups in total. The molecule has 1 atom stereocenters. The number of ether oxygens (including phenoxy) is 2. The smallest absolute Gasteiger partial charge is 0.438 e. The van der Waals surface area contributed by atoms with E-state index in [1.807, 2.05) is 0 Å². The highest BCUT2D eigenvalue weighted by atomic mass is 16.7. The van der Waals surface area contributed by atoms with E-state index in [1.165, 1.54) is 19.9 Å². The average Bonchev–Trinajstić information content (AvgIpc) is 2.45. The number of rotatable bonds is 0. The van der Waals surface area contributed by atoms with E-state index >= 15 is 0 Å². The van der Waals surface area contributed by atoms with Crippen molar-refractivity contribution in [1.29, 1.82) is 0 Å². The maximum atomic E-state index is 9.74. The molecule has 0 fully saturated rings. The van der Waals surface area contributed by atoms with Crippen molar-refractivity contribution in [3.63, 3.8) is 0 Å². The van der Waals surface area contributed by atoms with Gasteiger partial charge < -0.3 is 19.3 Å². The average molecular weight is 216 g/mol. The van der Waals surface area contributed by atoms with Crippen molar-refractivity contribution in [2.24, 2.45) is 0 Å². The Hall–Kier alpha value is -1.39. The van der Waals surface area contributed by atoms with Crippen LogP contribution in [0.1, 0.15) is 13.8 Å². The van der Waals surface area contributed by atoms with Gasteiger partial charge in [-0.3, -0.25) is 0 Å². The zero-order valence-electron chi connectivity index (χ0n) is 10.3. The third kappa shape index (κ3) is 4.10. The van der Waals surface area contributed by atoms with Crippen LogP contribution in [0.15, 0.2) is 11.9 Å². The maximum absolute atomic E-state index is 9.74. The highest BCUT2D eigenvalue weighted by Crippen LogP contribution is 2.16. The van der Waals surface area contributed by atoms with Crippen LogP contribution in [0, 0.1) is 0 Å². The van der Waals surface area contributed by atoms with Gasteiger partial charge in [0.2, 0.25) is 0 Å². The van der Waals surface area contributed by atoms with Gasteiger partial charge in [0.25, 0.3) is 0 Å². The molecule has 0 aromatic carbocycles. The van der Waals surface area contributed by atoms with Gasteiger partial charge in [0, 0.05) is 26.0 Å². The second-order valence-corrected chi connectivity index (χ2v) is 3.34. The molecule has 5 heteroatoms. The Bertz CT molecular complexity index is 235. The van der Waals surface area contributed by atoms with Crippen molar-refractivity contribution >= 4 is 6.16 Å². The lowest BCUT2D eigenvalue weighted by Crippen LogP contribution is -2.31. The second kappa shape index (κ2) is 6.16. The summed E-state index contributed by atoms with van der Waals surface area (Å²) in [6, 6.07) is 0. The van der Waals surface area contributed by atoms with Crippen LogP contribution in [0.4, 0.5) is 4.79 Å². The van der Waals surface area contributed by atoms with Crippen molar-refractivity contribution in [1.82, 2.24) is 9.80 Å². The highest BCUT2D eigenvalue weighted by Gasteiger charge is 2.18.